The molecule has 0 radical (unpaired) electrons. The average Bonchev–Trinajstić information content (AvgIpc) is 2.86. The Labute approximate surface area is 217 Å². The predicted octanol–water partition coefficient (Wildman–Crippen LogP) is 6.06. The molecule has 0 bridgehead atoms. The molecule has 0 aliphatic carbocycles. The van der Waals surface area contributed by atoms with Gasteiger partial charge in [0.25, 0.3) is 0 Å². The van der Waals surface area contributed by atoms with Gasteiger partial charge >= 0.3 is 5.97 Å². The molecular formula is C29H28N2O5S. The highest BCUT2D eigenvalue weighted by Crippen LogP contribution is 2.30. The molecule has 0 aliphatic heterocycles. The molecule has 0 saturated heterocycles. The number of hydrogen-bond donors (Lipinski definition) is 2. The Morgan fingerprint density at radius 1 is 0.811 bits per heavy atom. The summed E-state index contributed by atoms with van der Waals surface area (Å²) in [6.45, 7) is 3.14. The summed E-state index contributed by atoms with van der Waals surface area (Å²) in [5.74, 6) is 0.204. The van der Waals surface area contributed by atoms with E-state index in [9.17, 15) is 13.2 Å². The Hall–Kier alpha value is -4.30. The Morgan fingerprint density at radius 2 is 1.38 bits per heavy atom. The van der Waals surface area contributed by atoms with E-state index in [1.165, 1.54) is 12.1 Å². The number of ether oxygens (including phenoxy) is 1. The van der Waals surface area contributed by atoms with Crippen molar-refractivity contribution in [3.8, 4) is 11.5 Å². The lowest BCUT2D eigenvalue weighted by Gasteiger charge is -2.28. The predicted molar refractivity (Wildman–Crippen MR) is 146 cm³/mol. The van der Waals surface area contributed by atoms with Gasteiger partial charge in [0.15, 0.2) is 0 Å². The van der Waals surface area contributed by atoms with Crippen molar-refractivity contribution >= 4 is 27.4 Å². The lowest BCUT2D eigenvalue weighted by molar-refractivity contribution is 0.0697. The molecule has 4 aromatic carbocycles. The molecule has 0 spiro atoms. The van der Waals surface area contributed by atoms with Crippen LogP contribution < -0.4 is 14.4 Å². The number of nitrogens with zero attached hydrogens (tertiary/aromatic N) is 1. The monoisotopic (exact) mass is 516 g/mol. The summed E-state index contributed by atoms with van der Waals surface area (Å²) in [6.07, 6.45) is 1.14. The largest absolute Gasteiger partial charge is 0.478 e. The fraction of sp³-hybridized carbons (Fsp3) is 0.138. The highest BCUT2D eigenvalue weighted by Gasteiger charge is 2.15. The molecule has 0 unspecified atom stereocenters. The zero-order chi connectivity index (χ0) is 26.4. The van der Waals surface area contributed by atoms with E-state index in [2.05, 4.69) is 21.8 Å². The smallest absolute Gasteiger partial charge is 0.335 e. The summed E-state index contributed by atoms with van der Waals surface area (Å²) >= 11 is 0. The summed E-state index contributed by atoms with van der Waals surface area (Å²) in [7, 11) is -3.41. The summed E-state index contributed by atoms with van der Waals surface area (Å²) in [5, 5.41) is 9.05. The van der Waals surface area contributed by atoms with Gasteiger partial charge < -0.3 is 14.7 Å². The Bertz CT molecular complexity index is 1470. The maximum absolute atomic E-state index is 11.9. The summed E-state index contributed by atoms with van der Waals surface area (Å²) in [5.41, 5.74) is 4.70. The van der Waals surface area contributed by atoms with E-state index in [1.807, 2.05) is 61.5 Å². The number of sulfonamides is 1. The minimum absolute atomic E-state index is 0.201. The van der Waals surface area contributed by atoms with Crippen LogP contribution in [0, 0.1) is 6.92 Å². The number of carbonyl (C=O) groups is 1. The average molecular weight is 517 g/mol. The lowest BCUT2D eigenvalue weighted by Crippen LogP contribution is -2.23. The van der Waals surface area contributed by atoms with Crippen LogP contribution in [0.2, 0.25) is 0 Å². The molecule has 190 valence electrons. The van der Waals surface area contributed by atoms with Crippen molar-refractivity contribution < 1.29 is 23.1 Å². The zero-order valence-corrected chi connectivity index (χ0v) is 21.4. The quantitative estimate of drug-likeness (QED) is 0.266. The number of rotatable bonds is 10. The van der Waals surface area contributed by atoms with Crippen molar-refractivity contribution in [2.45, 2.75) is 20.0 Å². The topological polar surface area (TPSA) is 95.9 Å². The standard InChI is InChI=1S/C29H28N2O5S/c1-21-27(30-37(2,34)35)9-6-10-28(21)31(19-22-7-4-3-5-8-22)20-23-11-15-25(16-12-23)36-26-17-13-24(14-18-26)29(32)33/h3-18,30H,19-20H2,1-2H3,(H,32,33). The van der Waals surface area contributed by atoms with Gasteiger partial charge in [0.1, 0.15) is 11.5 Å². The summed E-state index contributed by atoms with van der Waals surface area (Å²) in [6, 6.07) is 29.6. The molecule has 7 nitrogen and oxygen atoms in total. The first-order chi connectivity index (χ1) is 17.7. The van der Waals surface area contributed by atoms with E-state index in [1.54, 1.807) is 18.2 Å². The zero-order valence-electron chi connectivity index (χ0n) is 20.6. The van der Waals surface area contributed by atoms with Gasteiger partial charge in [-0.05, 0) is 72.1 Å². The van der Waals surface area contributed by atoms with Crippen LogP contribution in [0.1, 0.15) is 27.0 Å². The van der Waals surface area contributed by atoms with Gasteiger partial charge in [-0.3, -0.25) is 4.72 Å². The maximum Gasteiger partial charge on any atom is 0.335 e. The number of carboxylic acid groups (broad SMARTS) is 1. The molecule has 0 atom stereocenters. The first-order valence-electron chi connectivity index (χ1n) is 11.6. The maximum atomic E-state index is 11.9. The highest BCUT2D eigenvalue weighted by molar-refractivity contribution is 7.92. The minimum Gasteiger partial charge on any atom is -0.478 e. The molecule has 0 heterocycles. The molecule has 0 aliphatic rings. The summed E-state index contributed by atoms with van der Waals surface area (Å²) < 4.78 is 32.2. The number of aromatic carboxylic acids is 1. The molecule has 0 saturated carbocycles. The van der Waals surface area contributed by atoms with Gasteiger partial charge in [-0.25, -0.2) is 13.2 Å². The van der Waals surface area contributed by atoms with Crippen molar-refractivity contribution in [2.24, 2.45) is 0 Å². The number of anilines is 2. The van der Waals surface area contributed by atoms with Gasteiger partial charge in [0.05, 0.1) is 17.5 Å². The molecule has 37 heavy (non-hydrogen) atoms. The van der Waals surface area contributed by atoms with Crippen LogP contribution in [0.4, 0.5) is 11.4 Å². The van der Waals surface area contributed by atoms with Crippen LogP contribution in [0.5, 0.6) is 11.5 Å². The molecule has 0 aromatic heterocycles. The van der Waals surface area contributed by atoms with Crippen molar-refractivity contribution in [3.63, 3.8) is 0 Å². The van der Waals surface area contributed by atoms with Crippen molar-refractivity contribution in [1.29, 1.82) is 0 Å². The first kappa shape index (κ1) is 25.8. The fourth-order valence-corrected chi connectivity index (χ4v) is 4.61. The van der Waals surface area contributed by atoms with Crippen molar-refractivity contribution in [2.75, 3.05) is 15.9 Å². The second-order valence-electron chi connectivity index (χ2n) is 8.74. The van der Waals surface area contributed by atoms with Crippen LogP contribution in [0.25, 0.3) is 0 Å². The van der Waals surface area contributed by atoms with Crippen LogP contribution >= 0.6 is 0 Å². The fourth-order valence-electron chi connectivity index (χ4n) is 3.99. The van der Waals surface area contributed by atoms with E-state index < -0.39 is 16.0 Å². The molecule has 2 N–H and O–H groups in total. The molecule has 0 amide bonds. The second-order valence-corrected chi connectivity index (χ2v) is 10.5. The summed E-state index contributed by atoms with van der Waals surface area (Å²) in [4.78, 5) is 13.2. The third kappa shape index (κ3) is 7.11. The Morgan fingerprint density at radius 3 is 1.95 bits per heavy atom. The van der Waals surface area contributed by atoms with Crippen LogP contribution in [-0.4, -0.2) is 25.7 Å². The third-order valence-electron chi connectivity index (χ3n) is 5.79. The number of benzene rings is 4. The SMILES string of the molecule is Cc1c(NS(C)(=O)=O)cccc1N(Cc1ccccc1)Cc1ccc(Oc2ccc(C(=O)O)cc2)cc1. The Balaban J connectivity index is 1.57. The van der Waals surface area contributed by atoms with Gasteiger partial charge in [-0.2, -0.15) is 0 Å². The van der Waals surface area contributed by atoms with Crippen LogP contribution in [-0.2, 0) is 23.1 Å². The number of carboxylic acids is 1. The number of nitrogens with one attached hydrogen (secondary N) is 1. The van der Waals surface area contributed by atoms with Gasteiger partial charge in [0, 0.05) is 18.8 Å². The van der Waals surface area contributed by atoms with Crippen molar-refractivity contribution in [1.82, 2.24) is 0 Å². The molecule has 0 fully saturated rings. The van der Waals surface area contributed by atoms with Crippen LogP contribution in [0.3, 0.4) is 0 Å². The van der Waals surface area contributed by atoms with E-state index >= 15 is 0 Å². The van der Waals surface area contributed by atoms with E-state index in [0.29, 0.717) is 30.3 Å². The van der Waals surface area contributed by atoms with Gasteiger partial charge in [-0.15, -0.1) is 0 Å². The van der Waals surface area contributed by atoms with Crippen LogP contribution in [0.15, 0.2) is 97.1 Å². The Kier molecular flexibility index (Phi) is 7.79. The molecular weight excluding hydrogens is 488 g/mol. The molecule has 4 aromatic rings. The minimum atomic E-state index is -3.41. The van der Waals surface area contributed by atoms with Gasteiger partial charge in [0.2, 0.25) is 10.0 Å². The first-order valence-corrected chi connectivity index (χ1v) is 13.5. The lowest BCUT2D eigenvalue weighted by atomic mass is 10.1. The normalized spacial score (nSPS) is 11.1. The third-order valence-corrected chi connectivity index (χ3v) is 6.38. The molecule has 4 rings (SSSR count). The van der Waals surface area contributed by atoms with E-state index in [-0.39, 0.29) is 5.56 Å². The highest BCUT2D eigenvalue weighted by atomic mass is 32.2. The molecule has 8 heteroatoms. The van der Waals surface area contributed by atoms with Crippen molar-refractivity contribution in [3.05, 3.63) is 119 Å². The second kappa shape index (κ2) is 11.2. The van der Waals surface area contributed by atoms with E-state index in [4.69, 9.17) is 9.84 Å². The number of hydrogen-bond acceptors (Lipinski definition) is 5. The van der Waals surface area contributed by atoms with Gasteiger partial charge in [-0.1, -0.05) is 48.5 Å². The van der Waals surface area contributed by atoms with E-state index in [0.717, 1.165) is 28.6 Å².